The maximum Gasteiger partial charge on any atom is 0.0100 e. The molecule has 1 heteroatoms. The van der Waals surface area contributed by atoms with Crippen LogP contribution in [0.25, 0.3) is 0 Å². The fraction of sp³-hybridized carbons (Fsp3) is 0.571. The molecule has 0 atom stereocenters. The van der Waals surface area contributed by atoms with Crippen LogP contribution in [0.3, 0.4) is 0 Å². The van der Waals surface area contributed by atoms with Gasteiger partial charge in [0.05, 0.1) is 0 Å². The monoisotopic (exact) mass is 205 g/mol. The van der Waals surface area contributed by atoms with E-state index in [0.29, 0.717) is 5.92 Å². The molecular weight excluding hydrogens is 182 g/mol. The third-order valence-corrected chi connectivity index (χ3v) is 2.72. The van der Waals surface area contributed by atoms with Gasteiger partial charge in [0.25, 0.3) is 0 Å². The Hall–Kier alpha value is -0.820. The van der Waals surface area contributed by atoms with Crippen LogP contribution in [0.15, 0.2) is 24.3 Å². The van der Waals surface area contributed by atoms with Crippen LogP contribution in [0.4, 0.5) is 0 Å². The first-order chi connectivity index (χ1) is 6.90. The van der Waals surface area contributed by atoms with Crippen molar-refractivity contribution in [3.63, 3.8) is 0 Å². The van der Waals surface area contributed by atoms with Gasteiger partial charge in [0.2, 0.25) is 0 Å². The highest BCUT2D eigenvalue weighted by Gasteiger charge is 2.12. The maximum atomic E-state index is 6.01. The van der Waals surface area contributed by atoms with Gasteiger partial charge in [-0.1, -0.05) is 38.1 Å². The number of nitrogens with two attached hydrogens (primary N) is 1. The fourth-order valence-corrected chi connectivity index (χ4v) is 1.78. The second kappa shape index (κ2) is 4.80. The van der Waals surface area contributed by atoms with Crippen LogP contribution >= 0.6 is 0 Å². The summed E-state index contributed by atoms with van der Waals surface area (Å²) in [5, 5.41) is 0. The smallest absolute Gasteiger partial charge is 0.0100 e. The Morgan fingerprint density at radius 1 is 1.20 bits per heavy atom. The zero-order valence-electron chi connectivity index (χ0n) is 10.4. The topological polar surface area (TPSA) is 26.0 Å². The molecule has 0 bridgehead atoms. The third kappa shape index (κ3) is 4.05. The minimum absolute atomic E-state index is 0.0654. The first-order valence-electron chi connectivity index (χ1n) is 5.77. The SMILES string of the molecule is CC(C)c1ccccc1CCC(C)(C)N. The molecule has 1 aromatic carbocycles. The van der Waals surface area contributed by atoms with Gasteiger partial charge in [-0.3, -0.25) is 0 Å². The molecular formula is C14H23N. The predicted octanol–water partition coefficient (Wildman–Crippen LogP) is 3.48. The molecule has 84 valence electrons. The van der Waals surface area contributed by atoms with E-state index in [-0.39, 0.29) is 5.54 Å². The van der Waals surface area contributed by atoms with Crippen LogP contribution < -0.4 is 5.73 Å². The van der Waals surface area contributed by atoms with Crippen molar-refractivity contribution in [1.29, 1.82) is 0 Å². The number of benzene rings is 1. The van der Waals surface area contributed by atoms with Crippen molar-refractivity contribution in [2.75, 3.05) is 0 Å². The standard InChI is InChI=1S/C14H23N/c1-11(2)13-8-6-5-7-12(13)9-10-14(3,4)15/h5-8,11H,9-10,15H2,1-4H3. The van der Waals surface area contributed by atoms with E-state index >= 15 is 0 Å². The van der Waals surface area contributed by atoms with E-state index in [9.17, 15) is 0 Å². The summed E-state index contributed by atoms with van der Waals surface area (Å²) in [6, 6.07) is 8.68. The van der Waals surface area contributed by atoms with E-state index < -0.39 is 0 Å². The Kier molecular flexibility index (Phi) is 3.92. The van der Waals surface area contributed by atoms with Gasteiger partial charge >= 0.3 is 0 Å². The first kappa shape index (κ1) is 12.3. The van der Waals surface area contributed by atoms with Crippen LogP contribution in [0.2, 0.25) is 0 Å². The fourth-order valence-electron chi connectivity index (χ4n) is 1.78. The Balaban J connectivity index is 2.76. The summed E-state index contributed by atoms with van der Waals surface area (Å²) in [6.07, 6.45) is 2.12. The first-order valence-corrected chi connectivity index (χ1v) is 5.77. The average Bonchev–Trinajstić information content (AvgIpc) is 2.14. The van der Waals surface area contributed by atoms with Crippen molar-refractivity contribution in [2.24, 2.45) is 5.73 Å². The van der Waals surface area contributed by atoms with Crippen LogP contribution in [0, 0.1) is 0 Å². The molecule has 0 unspecified atom stereocenters. The van der Waals surface area contributed by atoms with Crippen molar-refractivity contribution in [3.05, 3.63) is 35.4 Å². The van der Waals surface area contributed by atoms with Crippen LogP contribution in [-0.2, 0) is 6.42 Å². The molecule has 1 rings (SSSR count). The molecule has 0 fully saturated rings. The van der Waals surface area contributed by atoms with Crippen molar-refractivity contribution < 1.29 is 0 Å². The molecule has 0 saturated heterocycles. The number of hydrogen-bond donors (Lipinski definition) is 1. The van der Waals surface area contributed by atoms with E-state index in [0.717, 1.165) is 12.8 Å². The summed E-state index contributed by atoms with van der Waals surface area (Å²) in [7, 11) is 0. The molecule has 0 aliphatic heterocycles. The largest absolute Gasteiger partial charge is 0.326 e. The maximum absolute atomic E-state index is 6.01. The van der Waals surface area contributed by atoms with Crippen molar-refractivity contribution in [1.82, 2.24) is 0 Å². The van der Waals surface area contributed by atoms with Gasteiger partial charge in [0.15, 0.2) is 0 Å². The lowest BCUT2D eigenvalue weighted by molar-refractivity contribution is 0.475. The van der Waals surface area contributed by atoms with Gasteiger partial charge < -0.3 is 5.73 Å². The Bertz CT molecular complexity index is 307. The number of hydrogen-bond acceptors (Lipinski definition) is 1. The zero-order chi connectivity index (χ0) is 11.5. The summed E-state index contributed by atoms with van der Waals surface area (Å²) in [5.74, 6) is 0.599. The minimum Gasteiger partial charge on any atom is -0.326 e. The highest BCUT2D eigenvalue weighted by Crippen LogP contribution is 2.21. The normalized spacial score (nSPS) is 12.1. The second-order valence-electron chi connectivity index (χ2n) is 5.34. The average molecular weight is 205 g/mol. The van der Waals surface area contributed by atoms with Crippen LogP contribution in [-0.4, -0.2) is 5.54 Å². The summed E-state index contributed by atoms with van der Waals surface area (Å²) in [6.45, 7) is 8.66. The highest BCUT2D eigenvalue weighted by atomic mass is 14.7. The molecule has 1 aromatic rings. The molecule has 2 N–H and O–H groups in total. The lowest BCUT2D eigenvalue weighted by Gasteiger charge is -2.20. The van der Waals surface area contributed by atoms with E-state index in [1.54, 1.807) is 0 Å². The Morgan fingerprint density at radius 3 is 2.33 bits per heavy atom. The van der Waals surface area contributed by atoms with Crippen LogP contribution in [0.5, 0.6) is 0 Å². The summed E-state index contributed by atoms with van der Waals surface area (Å²) >= 11 is 0. The third-order valence-electron chi connectivity index (χ3n) is 2.72. The molecule has 0 aliphatic carbocycles. The Morgan fingerprint density at radius 2 is 1.80 bits per heavy atom. The van der Waals surface area contributed by atoms with Gasteiger partial charge in [-0.25, -0.2) is 0 Å². The minimum atomic E-state index is -0.0654. The zero-order valence-corrected chi connectivity index (χ0v) is 10.4. The molecule has 0 aliphatic rings. The quantitative estimate of drug-likeness (QED) is 0.800. The molecule has 1 nitrogen and oxygen atoms in total. The molecule has 0 aromatic heterocycles. The predicted molar refractivity (Wildman–Crippen MR) is 67.1 cm³/mol. The van der Waals surface area contributed by atoms with Gasteiger partial charge in [-0.15, -0.1) is 0 Å². The number of rotatable bonds is 4. The van der Waals surface area contributed by atoms with Crippen molar-refractivity contribution in [2.45, 2.75) is 52.0 Å². The van der Waals surface area contributed by atoms with E-state index in [1.807, 2.05) is 0 Å². The van der Waals surface area contributed by atoms with Crippen molar-refractivity contribution in [3.8, 4) is 0 Å². The lowest BCUT2D eigenvalue weighted by atomic mass is 9.90. The molecule has 15 heavy (non-hydrogen) atoms. The molecule has 0 spiro atoms. The molecule has 0 radical (unpaired) electrons. The van der Waals surface area contributed by atoms with Gasteiger partial charge in [-0.2, -0.15) is 0 Å². The van der Waals surface area contributed by atoms with Crippen LogP contribution in [0.1, 0.15) is 51.2 Å². The summed E-state index contributed by atoms with van der Waals surface area (Å²) < 4.78 is 0. The summed E-state index contributed by atoms with van der Waals surface area (Å²) in [4.78, 5) is 0. The molecule has 0 saturated carbocycles. The van der Waals surface area contributed by atoms with Gasteiger partial charge in [0.1, 0.15) is 0 Å². The van der Waals surface area contributed by atoms with Gasteiger partial charge in [0, 0.05) is 5.54 Å². The highest BCUT2D eigenvalue weighted by molar-refractivity contribution is 5.29. The number of aryl methyl sites for hydroxylation is 1. The second-order valence-corrected chi connectivity index (χ2v) is 5.34. The van der Waals surface area contributed by atoms with E-state index in [1.165, 1.54) is 11.1 Å². The van der Waals surface area contributed by atoms with E-state index in [4.69, 9.17) is 5.73 Å². The lowest BCUT2D eigenvalue weighted by Crippen LogP contribution is -2.32. The van der Waals surface area contributed by atoms with E-state index in [2.05, 4.69) is 52.0 Å². The Labute approximate surface area is 93.7 Å². The molecule has 0 amide bonds. The molecule has 0 heterocycles. The summed E-state index contributed by atoms with van der Waals surface area (Å²) in [5.41, 5.74) is 8.85. The van der Waals surface area contributed by atoms with Gasteiger partial charge in [-0.05, 0) is 43.7 Å². The van der Waals surface area contributed by atoms with Crippen molar-refractivity contribution >= 4 is 0 Å².